The zero-order valence-electron chi connectivity index (χ0n) is 11.1. The van der Waals surface area contributed by atoms with Crippen LogP contribution in [-0.4, -0.2) is 41.9 Å². The number of hydrogen-bond acceptors (Lipinski definition) is 4. The van der Waals surface area contributed by atoms with Crippen molar-refractivity contribution in [1.82, 2.24) is 10.2 Å². The van der Waals surface area contributed by atoms with E-state index in [-0.39, 0.29) is 22.7 Å². The monoisotopic (exact) mass is 297 g/mol. The zero-order valence-corrected chi connectivity index (χ0v) is 11.9. The molecule has 1 fully saturated rings. The highest BCUT2D eigenvalue weighted by atomic mass is 35.5. The Balaban J connectivity index is 2.05. The fourth-order valence-corrected chi connectivity index (χ4v) is 2.60. The number of carbonyl (C=O) groups is 1. The van der Waals surface area contributed by atoms with Crippen LogP contribution in [0.1, 0.15) is 23.2 Å². The molecule has 1 aliphatic heterocycles. The molecule has 0 spiro atoms. The van der Waals surface area contributed by atoms with Gasteiger partial charge in [-0.25, -0.2) is 0 Å². The number of nitro groups is 1. The standard InChI is InChI=1S/C13H16ClN3O3/c1-16-6-2-3-10(8-16)15-13(18)9-4-5-12(17(19)20)11(14)7-9/h4-5,7,10H,2-3,6,8H2,1H3,(H,15,18). The fourth-order valence-electron chi connectivity index (χ4n) is 2.35. The Hall–Kier alpha value is -1.66. The summed E-state index contributed by atoms with van der Waals surface area (Å²) < 4.78 is 0. The molecular formula is C13H16ClN3O3. The van der Waals surface area contributed by atoms with Gasteiger partial charge in [-0.2, -0.15) is 0 Å². The van der Waals surface area contributed by atoms with Gasteiger partial charge in [-0.15, -0.1) is 0 Å². The number of nitrogens with one attached hydrogen (secondary N) is 1. The van der Waals surface area contributed by atoms with Crippen LogP contribution >= 0.6 is 11.6 Å². The van der Waals surface area contributed by atoms with Crippen LogP contribution in [0.3, 0.4) is 0 Å². The molecule has 0 aliphatic carbocycles. The number of nitrogens with zero attached hydrogens (tertiary/aromatic N) is 2. The lowest BCUT2D eigenvalue weighted by Crippen LogP contribution is -2.46. The van der Waals surface area contributed by atoms with Crippen molar-refractivity contribution in [2.24, 2.45) is 0 Å². The van der Waals surface area contributed by atoms with Crippen LogP contribution in [0.2, 0.25) is 5.02 Å². The third-order valence-electron chi connectivity index (χ3n) is 3.37. The summed E-state index contributed by atoms with van der Waals surface area (Å²) in [6.07, 6.45) is 1.99. The maximum atomic E-state index is 12.1. The highest BCUT2D eigenvalue weighted by Crippen LogP contribution is 2.25. The van der Waals surface area contributed by atoms with Crippen LogP contribution in [0.4, 0.5) is 5.69 Å². The lowest BCUT2D eigenvalue weighted by molar-refractivity contribution is -0.384. The molecule has 0 saturated carbocycles. The zero-order chi connectivity index (χ0) is 14.7. The molecule has 6 nitrogen and oxygen atoms in total. The van der Waals surface area contributed by atoms with E-state index in [0.717, 1.165) is 25.9 Å². The molecule has 7 heteroatoms. The van der Waals surface area contributed by atoms with Crippen LogP contribution in [-0.2, 0) is 0 Å². The molecule has 1 aromatic carbocycles. The van der Waals surface area contributed by atoms with Crippen molar-refractivity contribution in [2.45, 2.75) is 18.9 Å². The molecule has 1 heterocycles. The molecular weight excluding hydrogens is 282 g/mol. The molecule has 0 bridgehead atoms. The van der Waals surface area contributed by atoms with Gasteiger partial charge in [0.1, 0.15) is 5.02 Å². The first kappa shape index (κ1) is 14.7. The highest BCUT2D eigenvalue weighted by Gasteiger charge is 2.21. The number of nitro benzene ring substituents is 1. The highest BCUT2D eigenvalue weighted by molar-refractivity contribution is 6.33. The Bertz CT molecular complexity index is 536. The van der Waals surface area contributed by atoms with Gasteiger partial charge in [0, 0.05) is 24.2 Å². The fraction of sp³-hybridized carbons (Fsp3) is 0.462. The van der Waals surface area contributed by atoms with Crippen LogP contribution in [0.15, 0.2) is 18.2 Å². The van der Waals surface area contributed by atoms with Crippen LogP contribution in [0.5, 0.6) is 0 Å². The summed E-state index contributed by atoms with van der Waals surface area (Å²) in [5.74, 6) is -0.248. The second kappa shape index (κ2) is 6.19. The van der Waals surface area contributed by atoms with E-state index in [1.807, 2.05) is 7.05 Å². The predicted molar refractivity (Wildman–Crippen MR) is 76.1 cm³/mol. The van der Waals surface area contributed by atoms with E-state index in [1.165, 1.54) is 18.2 Å². The molecule has 1 saturated heterocycles. The number of likely N-dealkylation sites (tertiary alicyclic amines) is 1. The van der Waals surface area contributed by atoms with E-state index in [2.05, 4.69) is 10.2 Å². The van der Waals surface area contributed by atoms with Gasteiger partial charge in [0.15, 0.2) is 0 Å². The van der Waals surface area contributed by atoms with Crippen molar-refractivity contribution in [3.8, 4) is 0 Å². The minimum absolute atomic E-state index is 0.0246. The first-order valence-electron chi connectivity index (χ1n) is 6.40. The SMILES string of the molecule is CN1CCCC(NC(=O)c2ccc([N+](=O)[O-])c(Cl)c2)C1. The largest absolute Gasteiger partial charge is 0.348 e. The Kier molecular flexibility index (Phi) is 4.57. The molecule has 1 aliphatic rings. The Labute approximate surface area is 121 Å². The summed E-state index contributed by atoms with van der Waals surface area (Å²) in [7, 11) is 2.01. The normalized spacial score (nSPS) is 19.6. The molecule has 1 amide bonds. The summed E-state index contributed by atoms with van der Waals surface area (Å²) in [4.78, 5) is 24.4. The molecule has 1 atom stereocenters. The van der Waals surface area contributed by atoms with Crippen LogP contribution in [0.25, 0.3) is 0 Å². The average molecular weight is 298 g/mol. The molecule has 1 N–H and O–H groups in total. The van der Waals surface area contributed by atoms with Crippen molar-refractivity contribution in [1.29, 1.82) is 0 Å². The minimum atomic E-state index is -0.569. The maximum absolute atomic E-state index is 12.1. The number of piperidine rings is 1. The minimum Gasteiger partial charge on any atom is -0.348 e. The first-order valence-corrected chi connectivity index (χ1v) is 6.78. The summed E-state index contributed by atoms with van der Waals surface area (Å²) in [6.45, 7) is 1.85. The van der Waals surface area contributed by atoms with E-state index >= 15 is 0 Å². The Morgan fingerprint density at radius 3 is 2.90 bits per heavy atom. The molecule has 0 aromatic heterocycles. The third-order valence-corrected chi connectivity index (χ3v) is 3.67. The van der Waals surface area contributed by atoms with Gasteiger partial charge in [0.25, 0.3) is 11.6 Å². The number of rotatable bonds is 3. The Morgan fingerprint density at radius 1 is 1.55 bits per heavy atom. The van der Waals surface area contributed by atoms with Crippen molar-refractivity contribution >= 4 is 23.2 Å². The number of halogens is 1. The quantitative estimate of drug-likeness (QED) is 0.684. The van der Waals surface area contributed by atoms with Gasteiger partial charge in [-0.1, -0.05) is 11.6 Å². The molecule has 0 radical (unpaired) electrons. The van der Waals surface area contributed by atoms with Crippen molar-refractivity contribution in [3.05, 3.63) is 38.9 Å². The number of benzene rings is 1. The molecule has 1 unspecified atom stereocenters. The molecule has 20 heavy (non-hydrogen) atoms. The van der Waals surface area contributed by atoms with E-state index in [0.29, 0.717) is 5.56 Å². The lowest BCUT2D eigenvalue weighted by Gasteiger charge is -2.30. The second-order valence-corrected chi connectivity index (χ2v) is 5.41. The number of amides is 1. The summed E-state index contributed by atoms with van der Waals surface area (Å²) in [5, 5.41) is 13.6. The number of carbonyl (C=O) groups excluding carboxylic acids is 1. The van der Waals surface area contributed by atoms with Gasteiger partial charge in [-0.3, -0.25) is 14.9 Å². The van der Waals surface area contributed by atoms with Gasteiger partial charge >= 0.3 is 0 Å². The van der Waals surface area contributed by atoms with E-state index < -0.39 is 4.92 Å². The van der Waals surface area contributed by atoms with E-state index in [1.54, 1.807) is 0 Å². The van der Waals surface area contributed by atoms with Crippen molar-refractivity contribution in [2.75, 3.05) is 20.1 Å². The third kappa shape index (κ3) is 3.46. The summed E-state index contributed by atoms with van der Waals surface area (Å²) >= 11 is 5.80. The van der Waals surface area contributed by atoms with Gasteiger partial charge in [-0.05, 0) is 38.6 Å². The summed E-state index contributed by atoms with van der Waals surface area (Å²) in [5.41, 5.74) is 0.148. The van der Waals surface area contributed by atoms with Crippen LogP contribution in [0, 0.1) is 10.1 Å². The van der Waals surface area contributed by atoms with Crippen molar-refractivity contribution in [3.63, 3.8) is 0 Å². The lowest BCUT2D eigenvalue weighted by atomic mass is 10.1. The van der Waals surface area contributed by atoms with Crippen molar-refractivity contribution < 1.29 is 9.72 Å². The smallest absolute Gasteiger partial charge is 0.287 e. The molecule has 1 aromatic rings. The second-order valence-electron chi connectivity index (χ2n) is 5.00. The molecule has 108 valence electrons. The average Bonchev–Trinajstić information content (AvgIpc) is 2.38. The number of likely N-dealkylation sites (N-methyl/N-ethyl adjacent to an activating group) is 1. The summed E-state index contributed by atoms with van der Waals surface area (Å²) in [6, 6.07) is 4.12. The number of hydrogen-bond donors (Lipinski definition) is 1. The predicted octanol–water partition coefficient (Wildman–Crippen LogP) is 2.07. The first-order chi connectivity index (χ1) is 9.47. The Morgan fingerprint density at radius 2 is 2.30 bits per heavy atom. The van der Waals surface area contributed by atoms with Crippen LogP contribution < -0.4 is 5.32 Å². The van der Waals surface area contributed by atoms with E-state index in [9.17, 15) is 14.9 Å². The van der Waals surface area contributed by atoms with E-state index in [4.69, 9.17) is 11.6 Å². The topological polar surface area (TPSA) is 75.5 Å². The van der Waals surface area contributed by atoms with Gasteiger partial charge in [0.2, 0.25) is 0 Å². The van der Waals surface area contributed by atoms with Gasteiger partial charge in [0.05, 0.1) is 4.92 Å². The molecule has 2 rings (SSSR count). The maximum Gasteiger partial charge on any atom is 0.287 e. The van der Waals surface area contributed by atoms with Gasteiger partial charge < -0.3 is 10.2 Å².